The van der Waals surface area contributed by atoms with Crippen molar-refractivity contribution in [2.24, 2.45) is 0 Å². The molecule has 3 aromatic rings. The van der Waals surface area contributed by atoms with E-state index >= 15 is 0 Å². The molecule has 0 aliphatic heterocycles. The summed E-state index contributed by atoms with van der Waals surface area (Å²) in [6.07, 6.45) is 1.36. The number of aromatic nitrogens is 2. The Kier molecular flexibility index (Phi) is 3.65. The van der Waals surface area contributed by atoms with Gasteiger partial charge in [0, 0.05) is 5.56 Å². The van der Waals surface area contributed by atoms with Crippen molar-refractivity contribution >= 4 is 15.8 Å². The Hall–Kier alpha value is -2.67. The molecular formula is C16H14FN3O2S. The highest BCUT2D eigenvalue weighted by atomic mass is 32.2. The lowest BCUT2D eigenvalue weighted by Crippen LogP contribution is -2.13. The zero-order chi connectivity index (χ0) is 16.6. The van der Waals surface area contributed by atoms with Crippen LogP contribution in [-0.2, 0) is 10.0 Å². The van der Waals surface area contributed by atoms with Crippen LogP contribution in [0.3, 0.4) is 0 Å². The molecule has 2 aromatic carbocycles. The van der Waals surface area contributed by atoms with Crippen molar-refractivity contribution in [3.8, 4) is 11.1 Å². The van der Waals surface area contributed by atoms with E-state index in [2.05, 4.69) is 5.10 Å². The molecule has 0 atom stereocenters. The van der Waals surface area contributed by atoms with Gasteiger partial charge in [0.05, 0.1) is 11.1 Å². The summed E-state index contributed by atoms with van der Waals surface area (Å²) in [5, 5.41) is 3.89. The third-order valence-electron chi connectivity index (χ3n) is 3.44. The van der Waals surface area contributed by atoms with Crippen LogP contribution in [-0.4, -0.2) is 17.6 Å². The van der Waals surface area contributed by atoms with E-state index in [9.17, 15) is 12.8 Å². The van der Waals surface area contributed by atoms with E-state index in [1.165, 1.54) is 18.3 Å². The zero-order valence-corrected chi connectivity index (χ0v) is 13.1. The molecule has 0 spiro atoms. The van der Waals surface area contributed by atoms with Crippen LogP contribution in [0.5, 0.6) is 0 Å². The van der Waals surface area contributed by atoms with Crippen LogP contribution in [0.15, 0.2) is 59.6 Å². The zero-order valence-electron chi connectivity index (χ0n) is 12.3. The van der Waals surface area contributed by atoms with Gasteiger partial charge in [0.2, 0.25) is 0 Å². The molecule has 2 N–H and O–H groups in total. The molecule has 0 bridgehead atoms. The van der Waals surface area contributed by atoms with Gasteiger partial charge < -0.3 is 5.73 Å². The number of anilines is 1. The summed E-state index contributed by atoms with van der Waals surface area (Å²) in [6, 6.07) is 12.0. The SMILES string of the molecule is Cc1ccc(-c2cn(S(=O)(=O)c3ccc(F)cc3)nc2N)cc1. The topological polar surface area (TPSA) is 78.0 Å². The van der Waals surface area contributed by atoms with Gasteiger partial charge in [-0.25, -0.2) is 4.39 Å². The first-order valence-corrected chi connectivity index (χ1v) is 8.25. The third-order valence-corrected chi connectivity index (χ3v) is 4.99. The number of benzene rings is 2. The van der Waals surface area contributed by atoms with E-state index in [0.717, 1.165) is 27.3 Å². The van der Waals surface area contributed by atoms with Gasteiger partial charge in [0.15, 0.2) is 5.82 Å². The summed E-state index contributed by atoms with van der Waals surface area (Å²) in [7, 11) is -3.91. The predicted octanol–water partition coefficient (Wildman–Crippen LogP) is 2.82. The van der Waals surface area contributed by atoms with E-state index in [1.807, 2.05) is 31.2 Å². The molecule has 3 rings (SSSR count). The van der Waals surface area contributed by atoms with Gasteiger partial charge in [-0.05, 0) is 36.8 Å². The maximum Gasteiger partial charge on any atom is 0.283 e. The van der Waals surface area contributed by atoms with Gasteiger partial charge in [0.1, 0.15) is 5.82 Å². The first kappa shape index (κ1) is 15.2. The molecule has 0 aliphatic carbocycles. The van der Waals surface area contributed by atoms with Crippen LogP contribution < -0.4 is 5.73 Å². The summed E-state index contributed by atoms with van der Waals surface area (Å²) in [5.41, 5.74) is 8.23. The van der Waals surface area contributed by atoms with Crippen LogP contribution in [0.4, 0.5) is 10.2 Å². The molecule has 23 heavy (non-hydrogen) atoms. The van der Waals surface area contributed by atoms with Crippen molar-refractivity contribution in [3.05, 3.63) is 66.1 Å². The first-order chi connectivity index (χ1) is 10.9. The Morgan fingerprint density at radius 3 is 2.26 bits per heavy atom. The fourth-order valence-electron chi connectivity index (χ4n) is 2.16. The van der Waals surface area contributed by atoms with E-state index < -0.39 is 15.8 Å². The summed E-state index contributed by atoms with van der Waals surface area (Å²) >= 11 is 0. The van der Waals surface area contributed by atoms with Gasteiger partial charge in [-0.1, -0.05) is 29.8 Å². The number of rotatable bonds is 3. The lowest BCUT2D eigenvalue weighted by atomic mass is 10.1. The number of aryl methyl sites for hydroxylation is 1. The van der Waals surface area contributed by atoms with Gasteiger partial charge in [-0.2, -0.15) is 12.5 Å². The van der Waals surface area contributed by atoms with Crippen molar-refractivity contribution in [1.29, 1.82) is 0 Å². The second-order valence-corrected chi connectivity index (χ2v) is 6.92. The highest BCUT2D eigenvalue weighted by molar-refractivity contribution is 7.89. The Balaban J connectivity index is 2.06. The number of nitrogen functional groups attached to an aromatic ring is 1. The molecule has 1 heterocycles. The molecule has 0 radical (unpaired) electrons. The minimum atomic E-state index is -3.91. The quantitative estimate of drug-likeness (QED) is 0.800. The maximum atomic E-state index is 13.0. The first-order valence-electron chi connectivity index (χ1n) is 6.81. The number of nitrogens with two attached hydrogens (primary N) is 1. The number of hydrogen-bond acceptors (Lipinski definition) is 4. The van der Waals surface area contributed by atoms with E-state index in [1.54, 1.807) is 0 Å². The van der Waals surface area contributed by atoms with Gasteiger partial charge in [0.25, 0.3) is 10.0 Å². The van der Waals surface area contributed by atoms with Crippen LogP contribution in [0.1, 0.15) is 5.56 Å². The van der Waals surface area contributed by atoms with E-state index in [0.29, 0.717) is 5.56 Å². The predicted molar refractivity (Wildman–Crippen MR) is 85.8 cm³/mol. The van der Waals surface area contributed by atoms with Crippen molar-refractivity contribution in [2.75, 3.05) is 5.73 Å². The average Bonchev–Trinajstić information content (AvgIpc) is 2.91. The van der Waals surface area contributed by atoms with Crippen molar-refractivity contribution in [3.63, 3.8) is 0 Å². The minimum Gasteiger partial charge on any atom is -0.382 e. The Labute approximate surface area is 133 Å². The molecular weight excluding hydrogens is 317 g/mol. The third kappa shape index (κ3) is 2.83. The Bertz CT molecular complexity index is 946. The molecule has 0 aliphatic rings. The van der Waals surface area contributed by atoms with E-state index in [-0.39, 0.29) is 10.7 Å². The Morgan fingerprint density at radius 1 is 1.04 bits per heavy atom. The van der Waals surface area contributed by atoms with Crippen LogP contribution >= 0.6 is 0 Å². The fourth-order valence-corrected chi connectivity index (χ4v) is 3.29. The molecule has 0 fully saturated rings. The second-order valence-electron chi connectivity index (χ2n) is 5.13. The van der Waals surface area contributed by atoms with Gasteiger partial charge in [-0.15, -0.1) is 5.10 Å². The summed E-state index contributed by atoms with van der Waals surface area (Å²) in [5.74, 6) is -0.399. The van der Waals surface area contributed by atoms with Crippen LogP contribution in [0, 0.1) is 12.7 Å². The summed E-state index contributed by atoms with van der Waals surface area (Å²) in [4.78, 5) is -0.0585. The van der Waals surface area contributed by atoms with Crippen molar-refractivity contribution in [1.82, 2.24) is 9.19 Å². The van der Waals surface area contributed by atoms with E-state index in [4.69, 9.17) is 5.73 Å². The minimum absolute atomic E-state index is 0.0585. The van der Waals surface area contributed by atoms with Gasteiger partial charge >= 0.3 is 0 Å². The maximum absolute atomic E-state index is 13.0. The number of halogens is 1. The van der Waals surface area contributed by atoms with Crippen molar-refractivity contribution in [2.45, 2.75) is 11.8 Å². The summed E-state index contributed by atoms with van der Waals surface area (Å²) < 4.78 is 38.8. The number of hydrogen-bond donors (Lipinski definition) is 1. The molecule has 0 amide bonds. The van der Waals surface area contributed by atoms with Gasteiger partial charge in [-0.3, -0.25) is 0 Å². The molecule has 5 nitrogen and oxygen atoms in total. The standard InChI is InChI=1S/C16H14FN3O2S/c1-11-2-4-12(5-3-11)15-10-20(19-16(15)18)23(21,22)14-8-6-13(17)7-9-14/h2-10H,1H3,(H2,18,19). The Morgan fingerprint density at radius 2 is 1.65 bits per heavy atom. The lowest BCUT2D eigenvalue weighted by molar-refractivity contribution is 0.579. The summed E-state index contributed by atoms with van der Waals surface area (Å²) in [6.45, 7) is 1.95. The molecule has 0 saturated carbocycles. The fraction of sp³-hybridized carbons (Fsp3) is 0.0625. The largest absolute Gasteiger partial charge is 0.382 e. The van der Waals surface area contributed by atoms with Crippen LogP contribution in [0.2, 0.25) is 0 Å². The smallest absolute Gasteiger partial charge is 0.283 e. The lowest BCUT2D eigenvalue weighted by Gasteiger charge is -2.03. The van der Waals surface area contributed by atoms with Crippen LogP contribution in [0.25, 0.3) is 11.1 Å². The number of nitrogens with zero attached hydrogens (tertiary/aromatic N) is 2. The molecule has 118 valence electrons. The highest BCUT2D eigenvalue weighted by Gasteiger charge is 2.20. The normalized spacial score (nSPS) is 11.6. The molecule has 1 aromatic heterocycles. The average molecular weight is 331 g/mol. The highest BCUT2D eigenvalue weighted by Crippen LogP contribution is 2.27. The second kappa shape index (κ2) is 5.51. The molecule has 0 saturated heterocycles. The molecule has 0 unspecified atom stereocenters. The molecule has 7 heteroatoms. The monoisotopic (exact) mass is 331 g/mol. The van der Waals surface area contributed by atoms with Crippen molar-refractivity contribution < 1.29 is 12.8 Å².